The van der Waals surface area contributed by atoms with E-state index in [4.69, 9.17) is 4.42 Å². The van der Waals surface area contributed by atoms with Gasteiger partial charge in [-0.15, -0.1) is 0 Å². The van der Waals surface area contributed by atoms with Crippen molar-refractivity contribution in [3.8, 4) is 0 Å². The first-order chi connectivity index (χ1) is 5.66. The Balaban J connectivity index is 2.46. The number of ketones is 1. The van der Waals surface area contributed by atoms with Crippen molar-refractivity contribution in [3.05, 3.63) is 22.1 Å². The van der Waals surface area contributed by atoms with E-state index in [1.165, 1.54) is 0 Å². The summed E-state index contributed by atoms with van der Waals surface area (Å²) in [6, 6.07) is 1.74. The van der Waals surface area contributed by atoms with Crippen LogP contribution < -0.4 is 0 Å². The van der Waals surface area contributed by atoms with Crippen LogP contribution in [0.5, 0.6) is 0 Å². The lowest BCUT2D eigenvalue weighted by atomic mass is 10.1. The third kappa shape index (κ3) is 1.21. The van der Waals surface area contributed by atoms with E-state index < -0.39 is 0 Å². The molecule has 0 N–H and O–H groups in total. The van der Waals surface area contributed by atoms with Gasteiger partial charge in [-0.1, -0.05) is 0 Å². The fraction of sp³-hybridized carbons (Fsp3) is 0.375. The van der Waals surface area contributed by atoms with E-state index in [0.29, 0.717) is 17.8 Å². The molecule has 2 heterocycles. The van der Waals surface area contributed by atoms with E-state index in [-0.39, 0.29) is 5.78 Å². The summed E-state index contributed by atoms with van der Waals surface area (Å²) in [6.07, 6.45) is 0. The molecule has 1 aromatic rings. The van der Waals surface area contributed by atoms with Crippen LogP contribution in [-0.4, -0.2) is 24.3 Å². The standard InChI is InChI=1S/C8H8BrNO2/c1-10-3-6(11)5-2-8(9)12-7(5)4-10/h2H,3-4H2,1H3. The van der Waals surface area contributed by atoms with Crippen LogP contribution in [0.3, 0.4) is 0 Å². The fourth-order valence-corrected chi connectivity index (χ4v) is 1.81. The average molecular weight is 230 g/mol. The molecule has 0 aliphatic carbocycles. The Bertz CT molecular complexity index is 332. The molecule has 0 amide bonds. The molecule has 4 heteroatoms. The van der Waals surface area contributed by atoms with Crippen molar-refractivity contribution in [2.45, 2.75) is 6.54 Å². The smallest absolute Gasteiger partial charge is 0.180 e. The Labute approximate surface area is 78.5 Å². The Morgan fingerprint density at radius 2 is 2.33 bits per heavy atom. The van der Waals surface area contributed by atoms with Gasteiger partial charge < -0.3 is 4.42 Å². The zero-order valence-electron chi connectivity index (χ0n) is 6.63. The minimum absolute atomic E-state index is 0.133. The van der Waals surface area contributed by atoms with E-state index in [0.717, 1.165) is 11.3 Å². The minimum Gasteiger partial charge on any atom is -0.452 e. The molecule has 1 aliphatic rings. The number of halogens is 1. The quantitative estimate of drug-likeness (QED) is 0.679. The maximum Gasteiger partial charge on any atom is 0.180 e. The predicted molar refractivity (Wildman–Crippen MR) is 47.1 cm³/mol. The Kier molecular flexibility index (Phi) is 1.81. The number of furan rings is 1. The fourth-order valence-electron chi connectivity index (χ4n) is 1.38. The zero-order chi connectivity index (χ0) is 8.72. The Morgan fingerprint density at radius 1 is 1.58 bits per heavy atom. The summed E-state index contributed by atoms with van der Waals surface area (Å²) >= 11 is 3.20. The molecule has 0 spiro atoms. The third-order valence-corrected chi connectivity index (χ3v) is 2.30. The molecule has 64 valence electrons. The molecule has 0 bridgehead atoms. The summed E-state index contributed by atoms with van der Waals surface area (Å²) in [4.78, 5) is 13.3. The Morgan fingerprint density at radius 3 is 3.08 bits per heavy atom. The molecular weight excluding hydrogens is 222 g/mol. The minimum atomic E-state index is 0.133. The monoisotopic (exact) mass is 229 g/mol. The van der Waals surface area contributed by atoms with Crippen LogP contribution in [0.2, 0.25) is 0 Å². The van der Waals surface area contributed by atoms with E-state index in [9.17, 15) is 4.79 Å². The number of Topliss-reactive ketones (excluding diaryl/α,β-unsaturated/α-hetero) is 1. The molecule has 0 radical (unpaired) electrons. The molecule has 3 nitrogen and oxygen atoms in total. The van der Waals surface area contributed by atoms with Crippen LogP contribution in [0.15, 0.2) is 15.2 Å². The summed E-state index contributed by atoms with van der Waals surface area (Å²) < 4.78 is 5.94. The highest BCUT2D eigenvalue weighted by molar-refractivity contribution is 9.10. The van der Waals surface area contributed by atoms with E-state index in [1.54, 1.807) is 6.07 Å². The molecule has 2 rings (SSSR count). The molecule has 1 aliphatic heterocycles. The van der Waals surface area contributed by atoms with Crippen molar-refractivity contribution < 1.29 is 9.21 Å². The molecule has 0 atom stereocenters. The number of hydrogen-bond donors (Lipinski definition) is 0. The topological polar surface area (TPSA) is 33.5 Å². The lowest BCUT2D eigenvalue weighted by Gasteiger charge is -2.19. The van der Waals surface area contributed by atoms with Gasteiger partial charge in [-0.3, -0.25) is 9.69 Å². The number of rotatable bonds is 0. The predicted octanol–water partition coefficient (Wildman–Crippen LogP) is 1.67. The van der Waals surface area contributed by atoms with Gasteiger partial charge in [0.15, 0.2) is 10.5 Å². The van der Waals surface area contributed by atoms with Gasteiger partial charge in [-0.25, -0.2) is 0 Å². The number of carbonyl (C=O) groups is 1. The first-order valence-electron chi connectivity index (χ1n) is 3.67. The lowest BCUT2D eigenvalue weighted by molar-refractivity contribution is 0.0913. The van der Waals surface area contributed by atoms with Gasteiger partial charge in [0.25, 0.3) is 0 Å². The number of fused-ring (bicyclic) bond motifs is 1. The second-order valence-electron chi connectivity index (χ2n) is 2.98. The van der Waals surface area contributed by atoms with Gasteiger partial charge in [0.2, 0.25) is 0 Å². The average Bonchev–Trinajstić information content (AvgIpc) is 2.29. The summed E-state index contributed by atoms with van der Waals surface area (Å²) in [5.74, 6) is 0.897. The first-order valence-corrected chi connectivity index (χ1v) is 4.46. The van der Waals surface area contributed by atoms with Crippen molar-refractivity contribution in [2.75, 3.05) is 13.6 Å². The van der Waals surface area contributed by atoms with Crippen LogP contribution in [0, 0.1) is 0 Å². The third-order valence-electron chi connectivity index (χ3n) is 1.91. The molecule has 0 unspecified atom stereocenters. The number of carbonyl (C=O) groups excluding carboxylic acids is 1. The van der Waals surface area contributed by atoms with Crippen molar-refractivity contribution in [1.82, 2.24) is 4.90 Å². The number of likely N-dealkylation sites (N-methyl/N-ethyl adjacent to an activating group) is 1. The van der Waals surface area contributed by atoms with Crippen LogP contribution in [0.25, 0.3) is 0 Å². The SMILES string of the molecule is CN1CC(=O)c2cc(Br)oc2C1. The second kappa shape index (κ2) is 2.71. The molecule has 0 fully saturated rings. The highest BCUT2D eigenvalue weighted by Crippen LogP contribution is 2.24. The van der Waals surface area contributed by atoms with Crippen molar-refractivity contribution >= 4 is 21.7 Å². The summed E-state index contributed by atoms with van der Waals surface area (Å²) in [5.41, 5.74) is 0.722. The van der Waals surface area contributed by atoms with Gasteiger partial charge in [-0.2, -0.15) is 0 Å². The molecule has 0 aromatic carbocycles. The Hall–Kier alpha value is -0.610. The van der Waals surface area contributed by atoms with Gasteiger partial charge in [0.05, 0.1) is 18.7 Å². The van der Waals surface area contributed by atoms with Gasteiger partial charge in [0.1, 0.15) is 5.76 Å². The van der Waals surface area contributed by atoms with Crippen LogP contribution in [-0.2, 0) is 6.54 Å². The van der Waals surface area contributed by atoms with E-state index >= 15 is 0 Å². The molecule has 12 heavy (non-hydrogen) atoms. The van der Waals surface area contributed by atoms with Crippen LogP contribution >= 0.6 is 15.9 Å². The van der Waals surface area contributed by atoms with E-state index in [2.05, 4.69) is 15.9 Å². The van der Waals surface area contributed by atoms with E-state index in [1.807, 2.05) is 11.9 Å². The zero-order valence-corrected chi connectivity index (χ0v) is 8.22. The molecular formula is C8H8BrNO2. The lowest BCUT2D eigenvalue weighted by Crippen LogP contribution is -2.30. The number of hydrogen-bond acceptors (Lipinski definition) is 3. The molecule has 0 saturated heterocycles. The maximum atomic E-state index is 11.4. The first kappa shape index (κ1) is 8.01. The van der Waals surface area contributed by atoms with Crippen molar-refractivity contribution in [2.24, 2.45) is 0 Å². The van der Waals surface area contributed by atoms with Crippen molar-refractivity contribution in [3.63, 3.8) is 0 Å². The normalized spacial score (nSPS) is 18.0. The largest absolute Gasteiger partial charge is 0.452 e. The summed E-state index contributed by atoms with van der Waals surface area (Å²) in [6.45, 7) is 1.20. The van der Waals surface area contributed by atoms with Crippen LogP contribution in [0.4, 0.5) is 0 Å². The highest BCUT2D eigenvalue weighted by Gasteiger charge is 2.24. The summed E-state index contributed by atoms with van der Waals surface area (Å²) in [5, 5.41) is 0. The van der Waals surface area contributed by atoms with Gasteiger partial charge >= 0.3 is 0 Å². The molecule has 0 saturated carbocycles. The van der Waals surface area contributed by atoms with Gasteiger partial charge in [-0.05, 0) is 23.0 Å². The number of nitrogens with zero attached hydrogens (tertiary/aromatic N) is 1. The van der Waals surface area contributed by atoms with Gasteiger partial charge in [0, 0.05) is 6.07 Å². The molecule has 1 aromatic heterocycles. The van der Waals surface area contributed by atoms with Crippen molar-refractivity contribution in [1.29, 1.82) is 0 Å². The second-order valence-corrected chi connectivity index (χ2v) is 3.76. The maximum absolute atomic E-state index is 11.4. The highest BCUT2D eigenvalue weighted by atomic mass is 79.9. The van der Waals surface area contributed by atoms with Crippen LogP contribution in [0.1, 0.15) is 16.1 Å². The summed E-state index contributed by atoms with van der Waals surface area (Å²) in [7, 11) is 1.90.